The Morgan fingerprint density at radius 1 is 1.26 bits per heavy atom. The highest BCUT2D eigenvalue weighted by molar-refractivity contribution is 7.10. The minimum atomic E-state index is -0.546. The molecule has 3 heterocycles. The maximum Gasteiger partial charge on any atom is 0.254 e. The average molecular weight is 409 g/mol. The number of hydrazine groups is 1. The molecule has 0 saturated carbocycles. The molecule has 144 valence electrons. The lowest BCUT2D eigenvalue weighted by Gasteiger charge is -2.35. The lowest BCUT2D eigenvalue weighted by molar-refractivity contribution is 0.0876. The van der Waals surface area contributed by atoms with Gasteiger partial charge in [0.2, 0.25) is 0 Å². The number of piperidine rings is 1. The summed E-state index contributed by atoms with van der Waals surface area (Å²) in [6, 6.07) is 8.67. The van der Waals surface area contributed by atoms with Crippen LogP contribution in [-0.4, -0.2) is 36.1 Å². The van der Waals surface area contributed by atoms with Crippen LogP contribution >= 0.6 is 22.9 Å². The van der Waals surface area contributed by atoms with Gasteiger partial charge >= 0.3 is 0 Å². The van der Waals surface area contributed by atoms with Crippen LogP contribution in [0.5, 0.6) is 0 Å². The Hall–Kier alpha value is -1.51. The Morgan fingerprint density at radius 2 is 2.07 bits per heavy atom. The monoisotopic (exact) mass is 408 g/mol. The van der Waals surface area contributed by atoms with Crippen molar-refractivity contribution in [1.82, 2.24) is 21.1 Å². The number of hydrogen-bond donors (Lipinski definition) is 3. The van der Waals surface area contributed by atoms with Crippen LogP contribution < -0.4 is 16.2 Å². The van der Waals surface area contributed by atoms with Gasteiger partial charge in [-0.2, -0.15) is 0 Å². The highest BCUT2D eigenvalue weighted by atomic mass is 35.5. The summed E-state index contributed by atoms with van der Waals surface area (Å²) in [5.74, 6) is -0.943. The molecule has 5 nitrogen and oxygen atoms in total. The van der Waals surface area contributed by atoms with Gasteiger partial charge in [-0.05, 0) is 48.9 Å². The van der Waals surface area contributed by atoms with E-state index in [1.54, 1.807) is 11.3 Å². The first-order chi connectivity index (χ1) is 13.1. The smallest absolute Gasteiger partial charge is 0.254 e. The van der Waals surface area contributed by atoms with Crippen LogP contribution in [0.1, 0.15) is 40.5 Å². The summed E-state index contributed by atoms with van der Waals surface area (Å²) in [7, 11) is 0. The first kappa shape index (κ1) is 18.8. The highest BCUT2D eigenvalue weighted by Gasteiger charge is 2.32. The first-order valence-electron chi connectivity index (χ1n) is 9.14. The molecule has 0 aliphatic carbocycles. The highest BCUT2D eigenvalue weighted by Crippen LogP contribution is 2.28. The van der Waals surface area contributed by atoms with Crippen molar-refractivity contribution in [3.63, 3.8) is 0 Å². The fraction of sp³-hybridized carbons (Fsp3) is 0.421. The number of nitrogens with one attached hydrogen (secondary N) is 3. The normalized spacial score (nSPS) is 24.2. The molecule has 1 aromatic heterocycles. The van der Waals surface area contributed by atoms with E-state index >= 15 is 0 Å². The third-order valence-electron chi connectivity index (χ3n) is 5.25. The molecule has 0 spiro atoms. The third kappa shape index (κ3) is 4.33. The van der Waals surface area contributed by atoms with Gasteiger partial charge in [0.15, 0.2) is 0 Å². The van der Waals surface area contributed by atoms with E-state index in [9.17, 15) is 9.18 Å². The molecule has 2 aliphatic rings. The Balaban J connectivity index is 1.28. The van der Waals surface area contributed by atoms with Gasteiger partial charge in [-0.15, -0.1) is 11.3 Å². The summed E-state index contributed by atoms with van der Waals surface area (Å²) in [5.41, 5.74) is 6.77. The van der Waals surface area contributed by atoms with Crippen molar-refractivity contribution in [2.24, 2.45) is 0 Å². The molecule has 1 aromatic carbocycles. The van der Waals surface area contributed by atoms with Crippen LogP contribution in [0.15, 0.2) is 35.7 Å². The van der Waals surface area contributed by atoms with Gasteiger partial charge in [0, 0.05) is 29.0 Å². The van der Waals surface area contributed by atoms with Crippen molar-refractivity contribution in [3.8, 4) is 0 Å². The fourth-order valence-corrected chi connectivity index (χ4v) is 4.71. The Bertz CT molecular complexity index is 795. The van der Waals surface area contributed by atoms with Gasteiger partial charge in [-0.1, -0.05) is 17.7 Å². The molecule has 3 N–H and O–H groups in total. The van der Waals surface area contributed by atoms with Crippen molar-refractivity contribution < 1.29 is 9.18 Å². The number of carbonyl (C=O) groups excluding carboxylic acids is 1. The molecule has 2 aliphatic heterocycles. The summed E-state index contributed by atoms with van der Waals surface area (Å²) in [4.78, 5) is 16.1. The number of amides is 1. The summed E-state index contributed by atoms with van der Waals surface area (Å²) in [5, 5.41) is 5.40. The lowest BCUT2D eigenvalue weighted by Crippen LogP contribution is -2.51. The number of halogens is 2. The van der Waals surface area contributed by atoms with E-state index < -0.39 is 11.7 Å². The van der Waals surface area contributed by atoms with Crippen molar-refractivity contribution in [1.29, 1.82) is 0 Å². The SMILES string of the molecule is O=C(NC1CCN(C2CC(c3cccs3)NN2)CC1)c1cc(Cl)ccc1F. The number of benzene rings is 1. The number of hydrogen-bond acceptors (Lipinski definition) is 5. The van der Waals surface area contributed by atoms with Crippen LogP contribution in [0.4, 0.5) is 4.39 Å². The minimum Gasteiger partial charge on any atom is -0.349 e. The van der Waals surface area contributed by atoms with E-state index in [2.05, 4.69) is 38.6 Å². The Labute approximate surface area is 166 Å². The van der Waals surface area contributed by atoms with Gasteiger partial charge in [0.05, 0.1) is 17.8 Å². The van der Waals surface area contributed by atoms with Gasteiger partial charge in [-0.3, -0.25) is 9.69 Å². The lowest BCUT2D eigenvalue weighted by atomic mass is 10.0. The summed E-state index contributed by atoms with van der Waals surface area (Å²) < 4.78 is 13.9. The average Bonchev–Trinajstić information content (AvgIpc) is 3.35. The Morgan fingerprint density at radius 3 is 2.81 bits per heavy atom. The minimum absolute atomic E-state index is 0.00498. The number of rotatable bonds is 4. The second-order valence-electron chi connectivity index (χ2n) is 7.02. The third-order valence-corrected chi connectivity index (χ3v) is 6.47. The molecule has 27 heavy (non-hydrogen) atoms. The van der Waals surface area contributed by atoms with Crippen LogP contribution in [0.3, 0.4) is 0 Å². The van der Waals surface area contributed by atoms with Crippen LogP contribution in [0.25, 0.3) is 0 Å². The first-order valence-corrected chi connectivity index (χ1v) is 10.4. The zero-order valence-corrected chi connectivity index (χ0v) is 16.3. The second-order valence-corrected chi connectivity index (χ2v) is 8.43. The molecule has 2 aromatic rings. The zero-order chi connectivity index (χ0) is 18.8. The molecule has 0 bridgehead atoms. The van der Waals surface area contributed by atoms with Crippen molar-refractivity contribution in [3.05, 3.63) is 57.0 Å². The molecular formula is C19H22ClFN4OS. The molecule has 2 atom stereocenters. The predicted molar refractivity (Wildman–Crippen MR) is 105 cm³/mol. The van der Waals surface area contributed by atoms with E-state index in [0.29, 0.717) is 17.2 Å². The van der Waals surface area contributed by atoms with Crippen LogP contribution in [0.2, 0.25) is 5.02 Å². The van der Waals surface area contributed by atoms with E-state index in [4.69, 9.17) is 11.6 Å². The van der Waals surface area contributed by atoms with E-state index in [-0.39, 0.29) is 11.6 Å². The maximum absolute atomic E-state index is 13.9. The largest absolute Gasteiger partial charge is 0.349 e. The maximum atomic E-state index is 13.9. The van der Waals surface area contributed by atoms with E-state index in [1.165, 1.54) is 23.1 Å². The second kappa shape index (κ2) is 8.24. The van der Waals surface area contributed by atoms with Gasteiger partial charge in [0.1, 0.15) is 5.82 Å². The van der Waals surface area contributed by atoms with Crippen molar-refractivity contribution in [2.45, 2.75) is 37.5 Å². The molecule has 2 fully saturated rings. The van der Waals surface area contributed by atoms with Gasteiger partial charge in [0.25, 0.3) is 5.91 Å². The predicted octanol–water partition coefficient (Wildman–Crippen LogP) is 3.30. The van der Waals surface area contributed by atoms with Crippen molar-refractivity contribution >= 4 is 28.8 Å². The molecule has 0 radical (unpaired) electrons. The zero-order valence-electron chi connectivity index (χ0n) is 14.8. The molecular weight excluding hydrogens is 387 g/mol. The number of thiophene rings is 1. The number of nitrogens with zero attached hydrogens (tertiary/aromatic N) is 1. The van der Waals surface area contributed by atoms with Crippen LogP contribution in [0, 0.1) is 5.82 Å². The fourth-order valence-electron chi connectivity index (χ4n) is 3.75. The quantitative estimate of drug-likeness (QED) is 0.726. The van der Waals surface area contributed by atoms with Crippen molar-refractivity contribution in [2.75, 3.05) is 13.1 Å². The van der Waals surface area contributed by atoms with E-state index in [1.807, 2.05) is 0 Å². The molecule has 1 amide bonds. The topological polar surface area (TPSA) is 56.4 Å². The van der Waals surface area contributed by atoms with Crippen LogP contribution in [-0.2, 0) is 0 Å². The summed E-state index contributed by atoms with van der Waals surface area (Å²) in [6.45, 7) is 1.78. The summed E-state index contributed by atoms with van der Waals surface area (Å²) >= 11 is 7.65. The summed E-state index contributed by atoms with van der Waals surface area (Å²) in [6.07, 6.45) is 3.00. The van der Waals surface area contributed by atoms with Gasteiger partial charge < -0.3 is 5.32 Å². The molecule has 4 rings (SSSR count). The molecule has 2 saturated heterocycles. The Kier molecular flexibility index (Phi) is 5.75. The standard InChI is InChI=1S/C19H22ClFN4OS/c20-12-3-4-15(21)14(10-12)19(26)22-13-5-7-25(8-6-13)18-11-16(23-24-18)17-2-1-9-27-17/h1-4,9-10,13,16,18,23-24H,5-8,11H2,(H,22,26). The number of likely N-dealkylation sites (tertiary alicyclic amines) is 1. The van der Waals surface area contributed by atoms with Gasteiger partial charge in [-0.25, -0.2) is 15.2 Å². The molecule has 2 unspecified atom stereocenters. The number of carbonyl (C=O) groups is 1. The molecule has 8 heteroatoms. The van der Waals surface area contributed by atoms with E-state index in [0.717, 1.165) is 32.4 Å².